The summed E-state index contributed by atoms with van der Waals surface area (Å²) in [5, 5.41) is 15.4. The Morgan fingerprint density at radius 3 is 2.76 bits per heavy atom. The summed E-state index contributed by atoms with van der Waals surface area (Å²) in [7, 11) is 0. The standard InChI is InChI=1S/C17H24N6O2/c1-17(2,3)25-16(24)19-13-8-10-22(11-9-13)12-18-23-15-7-5-4-6-14(15)20-21-23/h4-7,12-13H,8-11H2,1-3H3,(H,19,24). The molecule has 1 N–H and O–H groups in total. The van der Waals surface area contributed by atoms with E-state index < -0.39 is 5.60 Å². The third-order valence-electron chi connectivity index (χ3n) is 3.91. The molecule has 0 spiro atoms. The van der Waals surface area contributed by atoms with Crippen LogP contribution in [-0.2, 0) is 4.74 Å². The second-order valence-corrected chi connectivity index (χ2v) is 7.16. The molecule has 1 fully saturated rings. The Morgan fingerprint density at radius 2 is 2.04 bits per heavy atom. The number of fused-ring (bicyclic) bond motifs is 1. The van der Waals surface area contributed by atoms with Gasteiger partial charge < -0.3 is 15.0 Å². The first kappa shape index (κ1) is 17.2. The first-order valence-corrected chi connectivity index (χ1v) is 8.49. The third kappa shape index (κ3) is 4.68. The number of para-hydroxylation sites is 1. The smallest absolute Gasteiger partial charge is 0.407 e. The van der Waals surface area contributed by atoms with E-state index in [1.165, 1.54) is 4.79 Å². The second kappa shape index (κ2) is 7.08. The molecule has 8 heteroatoms. The zero-order valence-corrected chi connectivity index (χ0v) is 14.8. The maximum atomic E-state index is 11.8. The first-order chi connectivity index (χ1) is 11.9. The number of aromatic nitrogens is 3. The van der Waals surface area contributed by atoms with E-state index in [2.05, 4.69) is 25.6 Å². The first-order valence-electron chi connectivity index (χ1n) is 8.49. The SMILES string of the molecule is CC(C)(C)OC(=O)NC1CCN(C=Nn2nnc3ccccc32)CC1. The minimum absolute atomic E-state index is 0.131. The van der Waals surface area contributed by atoms with Crippen molar-refractivity contribution in [1.82, 2.24) is 25.3 Å². The molecule has 1 saturated heterocycles. The highest BCUT2D eigenvalue weighted by molar-refractivity contribution is 5.74. The molecule has 3 rings (SSSR count). The number of nitrogens with zero attached hydrogens (tertiary/aromatic N) is 5. The van der Waals surface area contributed by atoms with Crippen molar-refractivity contribution in [2.75, 3.05) is 13.1 Å². The van der Waals surface area contributed by atoms with Crippen LogP contribution in [0.4, 0.5) is 4.79 Å². The highest BCUT2D eigenvalue weighted by atomic mass is 16.6. The Bertz CT molecular complexity index is 756. The molecular formula is C17H24N6O2. The topological polar surface area (TPSA) is 84.6 Å². The number of amides is 1. The lowest BCUT2D eigenvalue weighted by molar-refractivity contribution is 0.0488. The Hall–Kier alpha value is -2.64. The van der Waals surface area contributed by atoms with Crippen molar-refractivity contribution >= 4 is 23.5 Å². The average molecular weight is 344 g/mol. The van der Waals surface area contributed by atoms with Gasteiger partial charge in [-0.15, -0.1) is 15.0 Å². The predicted octanol–water partition coefficient (Wildman–Crippen LogP) is 2.21. The molecular weight excluding hydrogens is 320 g/mol. The summed E-state index contributed by atoms with van der Waals surface area (Å²) in [4.78, 5) is 15.5. The van der Waals surface area contributed by atoms with Crippen LogP contribution in [0.3, 0.4) is 0 Å². The van der Waals surface area contributed by atoms with Crippen LogP contribution in [0.15, 0.2) is 29.4 Å². The van der Waals surface area contributed by atoms with Crippen LogP contribution in [0.2, 0.25) is 0 Å². The Kier molecular flexibility index (Phi) is 4.87. The van der Waals surface area contributed by atoms with E-state index in [9.17, 15) is 4.79 Å². The molecule has 2 heterocycles. The number of piperidine rings is 1. The van der Waals surface area contributed by atoms with Crippen LogP contribution in [0.1, 0.15) is 33.6 Å². The van der Waals surface area contributed by atoms with Gasteiger partial charge in [0.25, 0.3) is 0 Å². The van der Waals surface area contributed by atoms with Gasteiger partial charge in [0, 0.05) is 19.1 Å². The quantitative estimate of drug-likeness (QED) is 0.682. The molecule has 1 amide bonds. The largest absolute Gasteiger partial charge is 0.444 e. The summed E-state index contributed by atoms with van der Waals surface area (Å²) in [6.45, 7) is 7.21. The molecule has 8 nitrogen and oxygen atoms in total. The molecule has 0 aliphatic carbocycles. The number of nitrogens with one attached hydrogen (secondary N) is 1. The van der Waals surface area contributed by atoms with Crippen molar-refractivity contribution in [3.05, 3.63) is 24.3 Å². The molecule has 1 aliphatic heterocycles. The van der Waals surface area contributed by atoms with Crippen LogP contribution < -0.4 is 5.32 Å². The maximum Gasteiger partial charge on any atom is 0.407 e. The van der Waals surface area contributed by atoms with Crippen molar-refractivity contribution in [2.24, 2.45) is 5.10 Å². The number of carbonyl (C=O) groups excluding carboxylic acids is 1. The molecule has 0 unspecified atom stereocenters. The normalized spacial score (nSPS) is 16.5. The van der Waals surface area contributed by atoms with E-state index in [0.717, 1.165) is 37.0 Å². The highest BCUT2D eigenvalue weighted by Gasteiger charge is 2.22. The van der Waals surface area contributed by atoms with Gasteiger partial charge in [0.2, 0.25) is 0 Å². The second-order valence-electron chi connectivity index (χ2n) is 7.16. The Labute approximate surface area is 146 Å². The molecule has 1 aromatic heterocycles. The fraction of sp³-hybridized carbons (Fsp3) is 0.529. The summed E-state index contributed by atoms with van der Waals surface area (Å²) in [6.07, 6.45) is 3.13. The van der Waals surface area contributed by atoms with Crippen LogP contribution in [0.5, 0.6) is 0 Å². The van der Waals surface area contributed by atoms with Gasteiger partial charge in [-0.2, -0.15) is 0 Å². The number of carbonyl (C=O) groups is 1. The molecule has 134 valence electrons. The number of benzene rings is 1. The number of rotatable bonds is 3. The predicted molar refractivity (Wildman–Crippen MR) is 95.4 cm³/mol. The molecule has 1 aliphatic rings. The number of hydrogen-bond donors (Lipinski definition) is 1. The average Bonchev–Trinajstić information content (AvgIpc) is 2.96. The van der Waals surface area contributed by atoms with Crippen molar-refractivity contribution < 1.29 is 9.53 Å². The van der Waals surface area contributed by atoms with Crippen molar-refractivity contribution in [3.63, 3.8) is 0 Å². The summed E-state index contributed by atoms with van der Waals surface area (Å²) >= 11 is 0. The third-order valence-corrected chi connectivity index (χ3v) is 3.91. The summed E-state index contributed by atoms with van der Waals surface area (Å²) < 4.78 is 5.30. The van der Waals surface area contributed by atoms with Gasteiger partial charge in [-0.3, -0.25) is 0 Å². The monoisotopic (exact) mass is 344 g/mol. The van der Waals surface area contributed by atoms with E-state index in [-0.39, 0.29) is 12.1 Å². The van der Waals surface area contributed by atoms with Gasteiger partial charge in [-0.05, 0) is 51.0 Å². The fourth-order valence-electron chi connectivity index (χ4n) is 2.70. The molecule has 25 heavy (non-hydrogen) atoms. The molecule has 0 saturated carbocycles. The van der Waals surface area contributed by atoms with E-state index >= 15 is 0 Å². The van der Waals surface area contributed by atoms with E-state index in [1.54, 1.807) is 6.34 Å². The fourth-order valence-corrected chi connectivity index (χ4v) is 2.70. The van der Waals surface area contributed by atoms with Gasteiger partial charge in [0.1, 0.15) is 23.0 Å². The van der Waals surface area contributed by atoms with Gasteiger partial charge in [0.05, 0.1) is 0 Å². The molecule has 0 bridgehead atoms. The lowest BCUT2D eigenvalue weighted by atomic mass is 10.1. The number of likely N-dealkylation sites (tertiary alicyclic amines) is 1. The van der Waals surface area contributed by atoms with Crippen LogP contribution in [0.25, 0.3) is 11.0 Å². The maximum absolute atomic E-state index is 11.8. The number of alkyl carbamates (subject to hydrolysis) is 1. The summed E-state index contributed by atoms with van der Waals surface area (Å²) in [5.74, 6) is 0. The number of hydrogen-bond acceptors (Lipinski definition) is 5. The van der Waals surface area contributed by atoms with Gasteiger partial charge >= 0.3 is 6.09 Å². The van der Waals surface area contributed by atoms with Gasteiger partial charge in [-0.1, -0.05) is 12.1 Å². The van der Waals surface area contributed by atoms with Crippen LogP contribution >= 0.6 is 0 Å². The summed E-state index contributed by atoms with van der Waals surface area (Å²) in [5.41, 5.74) is 1.22. The molecule has 2 aromatic rings. The van der Waals surface area contributed by atoms with Crippen LogP contribution in [-0.4, -0.2) is 57.2 Å². The lowest BCUT2D eigenvalue weighted by Gasteiger charge is -2.31. The minimum Gasteiger partial charge on any atom is -0.444 e. The van der Waals surface area contributed by atoms with Crippen molar-refractivity contribution in [3.8, 4) is 0 Å². The zero-order chi connectivity index (χ0) is 17.9. The van der Waals surface area contributed by atoms with E-state index in [1.807, 2.05) is 45.0 Å². The Morgan fingerprint density at radius 1 is 1.32 bits per heavy atom. The zero-order valence-electron chi connectivity index (χ0n) is 14.8. The van der Waals surface area contributed by atoms with E-state index in [4.69, 9.17) is 4.74 Å². The Balaban J connectivity index is 1.50. The molecule has 1 aromatic carbocycles. The van der Waals surface area contributed by atoms with Crippen molar-refractivity contribution in [2.45, 2.75) is 45.3 Å². The van der Waals surface area contributed by atoms with E-state index in [0.29, 0.717) is 0 Å². The molecule has 0 radical (unpaired) electrons. The van der Waals surface area contributed by atoms with Gasteiger partial charge in [0.15, 0.2) is 0 Å². The number of ether oxygens (including phenoxy) is 1. The van der Waals surface area contributed by atoms with Crippen molar-refractivity contribution in [1.29, 1.82) is 0 Å². The molecule has 0 atom stereocenters. The minimum atomic E-state index is -0.474. The summed E-state index contributed by atoms with van der Waals surface area (Å²) in [6, 6.07) is 7.83. The van der Waals surface area contributed by atoms with Crippen LogP contribution in [0, 0.1) is 0 Å². The lowest BCUT2D eigenvalue weighted by Crippen LogP contribution is -2.45. The van der Waals surface area contributed by atoms with Gasteiger partial charge in [-0.25, -0.2) is 4.79 Å². The highest BCUT2D eigenvalue weighted by Crippen LogP contribution is 2.12.